The third-order valence-electron chi connectivity index (χ3n) is 3.55. The summed E-state index contributed by atoms with van der Waals surface area (Å²) in [6.07, 6.45) is -4.19. The average Bonchev–Trinajstić information content (AvgIpc) is 2.45. The first-order valence-corrected chi connectivity index (χ1v) is 7.99. The minimum atomic E-state index is -1.13. The molecule has 0 aromatic rings. The first-order chi connectivity index (χ1) is 12.0. The molecular weight excluding hydrogens is 350 g/mol. The SMILES string of the molecule is CC(=O)OC[C@@H]1O[C@@H](OC(C)=O)[C@H](N(C)C)[C@H](OC(C)=O)[C@H]1OC(C)=O. The molecule has 10 heteroatoms. The van der Waals surface area contributed by atoms with Gasteiger partial charge >= 0.3 is 23.9 Å². The van der Waals surface area contributed by atoms with Crippen molar-refractivity contribution in [3.8, 4) is 0 Å². The van der Waals surface area contributed by atoms with Gasteiger partial charge in [0.2, 0.25) is 6.29 Å². The second kappa shape index (κ2) is 9.48. The van der Waals surface area contributed by atoms with Gasteiger partial charge in [-0.1, -0.05) is 0 Å². The normalized spacial score (nSPS) is 28.2. The number of rotatable bonds is 6. The lowest BCUT2D eigenvalue weighted by Gasteiger charge is -2.46. The maximum absolute atomic E-state index is 11.6. The molecule has 1 saturated heterocycles. The monoisotopic (exact) mass is 375 g/mol. The summed E-state index contributed by atoms with van der Waals surface area (Å²) >= 11 is 0. The Morgan fingerprint density at radius 1 is 0.808 bits per heavy atom. The van der Waals surface area contributed by atoms with E-state index in [2.05, 4.69) is 0 Å². The molecule has 1 heterocycles. The van der Waals surface area contributed by atoms with Crippen LogP contribution in [0.1, 0.15) is 27.7 Å². The molecule has 1 fully saturated rings. The largest absolute Gasteiger partial charge is 0.463 e. The summed E-state index contributed by atoms with van der Waals surface area (Å²) in [6.45, 7) is 4.53. The molecule has 10 nitrogen and oxygen atoms in total. The fraction of sp³-hybridized carbons (Fsp3) is 0.750. The summed E-state index contributed by atoms with van der Waals surface area (Å²) in [6, 6.07) is -0.749. The Morgan fingerprint density at radius 3 is 1.73 bits per heavy atom. The van der Waals surface area contributed by atoms with E-state index in [9.17, 15) is 19.2 Å². The van der Waals surface area contributed by atoms with Gasteiger partial charge in [-0.3, -0.25) is 24.1 Å². The third-order valence-corrected chi connectivity index (χ3v) is 3.55. The number of hydrogen-bond acceptors (Lipinski definition) is 10. The molecule has 0 unspecified atom stereocenters. The van der Waals surface area contributed by atoms with E-state index in [1.54, 1.807) is 19.0 Å². The van der Waals surface area contributed by atoms with Gasteiger partial charge in [0.25, 0.3) is 0 Å². The molecule has 0 saturated carbocycles. The molecule has 0 spiro atoms. The molecule has 0 radical (unpaired) electrons. The molecule has 0 amide bonds. The molecule has 0 N–H and O–H groups in total. The van der Waals surface area contributed by atoms with Crippen LogP contribution in [0.3, 0.4) is 0 Å². The molecular formula is C16H25NO9. The minimum absolute atomic E-state index is 0.275. The highest BCUT2D eigenvalue weighted by Gasteiger charge is 2.52. The highest BCUT2D eigenvalue weighted by Crippen LogP contribution is 2.30. The maximum Gasteiger partial charge on any atom is 0.304 e. The molecule has 1 aliphatic heterocycles. The van der Waals surface area contributed by atoms with Crippen molar-refractivity contribution in [2.24, 2.45) is 0 Å². The number of likely N-dealkylation sites (N-methyl/N-ethyl adjacent to an activating group) is 1. The maximum atomic E-state index is 11.6. The van der Waals surface area contributed by atoms with Crippen molar-refractivity contribution in [2.45, 2.75) is 58.3 Å². The molecule has 148 valence electrons. The summed E-state index contributed by atoms with van der Waals surface area (Å²) < 4.78 is 26.5. The van der Waals surface area contributed by atoms with Crippen molar-refractivity contribution in [3.05, 3.63) is 0 Å². The molecule has 26 heavy (non-hydrogen) atoms. The number of nitrogens with zero attached hydrogens (tertiary/aromatic N) is 1. The fourth-order valence-corrected chi connectivity index (χ4v) is 2.69. The number of esters is 4. The molecule has 0 bridgehead atoms. The summed E-state index contributed by atoms with van der Waals surface area (Å²) in [5.74, 6) is -2.43. The molecule has 5 atom stereocenters. The average molecular weight is 375 g/mol. The van der Waals surface area contributed by atoms with Crippen LogP contribution < -0.4 is 0 Å². The van der Waals surface area contributed by atoms with Gasteiger partial charge in [-0.15, -0.1) is 0 Å². The van der Waals surface area contributed by atoms with Gasteiger partial charge in [-0.05, 0) is 14.1 Å². The van der Waals surface area contributed by atoms with Crippen molar-refractivity contribution >= 4 is 23.9 Å². The predicted molar refractivity (Wildman–Crippen MR) is 85.6 cm³/mol. The highest BCUT2D eigenvalue weighted by molar-refractivity contribution is 5.68. The summed E-state index contributed by atoms with van der Waals surface area (Å²) in [5, 5.41) is 0. The van der Waals surface area contributed by atoms with Gasteiger partial charge in [0.05, 0.1) is 0 Å². The molecule has 1 rings (SSSR count). The highest BCUT2D eigenvalue weighted by atomic mass is 16.7. The zero-order valence-corrected chi connectivity index (χ0v) is 15.7. The Morgan fingerprint density at radius 2 is 1.31 bits per heavy atom. The fourth-order valence-electron chi connectivity index (χ4n) is 2.69. The molecule has 0 aromatic heterocycles. The summed E-state index contributed by atoms with van der Waals surface area (Å²) in [5.41, 5.74) is 0. The standard InChI is InChI=1S/C16H25NO9/c1-8(18)22-7-12-14(23-9(2)19)15(24-10(3)20)13(17(5)6)16(26-12)25-11(4)21/h12-16H,7H2,1-6H3/t12-,13+,14-,15-,16+/m0/s1. The van der Waals surface area contributed by atoms with E-state index >= 15 is 0 Å². The van der Waals surface area contributed by atoms with Crippen molar-refractivity contribution in [1.82, 2.24) is 4.90 Å². The van der Waals surface area contributed by atoms with E-state index < -0.39 is 54.5 Å². The third kappa shape index (κ3) is 6.26. The number of hydrogen-bond donors (Lipinski definition) is 0. The van der Waals surface area contributed by atoms with Crippen LogP contribution in [-0.2, 0) is 42.9 Å². The van der Waals surface area contributed by atoms with Crippen LogP contribution in [0.15, 0.2) is 0 Å². The number of carbonyl (C=O) groups excluding carboxylic acids is 4. The second-order valence-corrected chi connectivity index (χ2v) is 6.06. The van der Waals surface area contributed by atoms with E-state index in [-0.39, 0.29) is 6.61 Å². The smallest absolute Gasteiger partial charge is 0.304 e. The quantitative estimate of drug-likeness (QED) is 0.449. The lowest BCUT2D eigenvalue weighted by atomic mass is 9.95. The number of ether oxygens (including phenoxy) is 5. The lowest BCUT2D eigenvalue weighted by Crippen LogP contribution is -2.65. The number of carbonyl (C=O) groups is 4. The van der Waals surface area contributed by atoms with E-state index in [0.29, 0.717) is 0 Å². The van der Waals surface area contributed by atoms with E-state index in [1.165, 1.54) is 27.7 Å². The van der Waals surface area contributed by atoms with Gasteiger partial charge in [0.1, 0.15) is 18.8 Å². The van der Waals surface area contributed by atoms with Crippen molar-refractivity contribution < 1.29 is 42.9 Å². The van der Waals surface area contributed by atoms with Crippen LogP contribution in [-0.4, -0.2) is 80.1 Å². The van der Waals surface area contributed by atoms with Crippen molar-refractivity contribution in [1.29, 1.82) is 0 Å². The van der Waals surface area contributed by atoms with Crippen LogP contribution in [0.2, 0.25) is 0 Å². The summed E-state index contributed by atoms with van der Waals surface area (Å²) in [4.78, 5) is 47.3. The van der Waals surface area contributed by atoms with E-state index in [4.69, 9.17) is 23.7 Å². The van der Waals surface area contributed by atoms with Crippen LogP contribution in [0, 0.1) is 0 Å². The summed E-state index contributed by atoms with van der Waals surface area (Å²) in [7, 11) is 3.33. The van der Waals surface area contributed by atoms with Gasteiger partial charge < -0.3 is 23.7 Å². The lowest BCUT2D eigenvalue weighted by molar-refractivity contribution is -0.282. The van der Waals surface area contributed by atoms with Crippen molar-refractivity contribution in [3.63, 3.8) is 0 Å². The second-order valence-electron chi connectivity index (χ2n) is 6.06. The van der Waals surface area contributed by atoms with Crippen LogP contribution in [0.4, 0.5) is 0 Å². The Kier molecular flexibility index (Phi) is 7.97. The Hall–Kier alpha value is -2.20. The van der Waals surface area contributed by atoms with Crippen LogP contribution in [0.5, 0.6) is 0 Å². The topological polar surface area (TPSA) is 118 Å². The van der Waals surface area contributed by atoms with Gasteiger partial charge in [0.15, 0.2) is 12.2 Å². The van der Waals surface area contributed by atoms with Crippen LogP contribution >= 0.6 is 0 Å². The Balaban J connectivity index is 3.26. The molecule has 0 aliphatic carbocycles. The first-order valence-electron chi connectivity index (χ1n) is 7.99. The van der Waals surface area contributed by atoms with Gasteiger partial charge in [0, 0.05) is 27.7 Å². The van der Waals surface area contributed by atoms with E-state index in [0.717, 1.165) is 0 Å². The molecule has 0 aromatic carbocycles. The Labute approximate surface area is 151 Å². The molecule has 1 aliphatic rings. The Bertz CT molecular complexity index is 548. The minimum Gasteiger partial charge on any atom is -0.463 e. The van der Waals surface area contributed by atoms with E-state index in [1.807, 2.05) is 0 Å². The van der Waals surface area contributed by atoms with Gasteiger partial charge in [-0.25, -0.2) is 0 Å². The first kappa shape index (κ1) is 21.8. The predicted octanol–water partition coefficient (Wildman–Crippen LogP) is -0.369. The zero-order chi connectivity index (χ0) is 20.0. The van der Waals surface area contributed by atoms with Crippen LogP contribution in [0.25, 0.3) is 0 Å². The zero-order valence-electron chi connectivity index (χ0n) is 15.7. The van der Waals surface area contributed by atoms with Crippen molar-refractivity contribution in [2.75, 3.05) is 20.7 Å². The van der Waals surface area contributed by atoms with Gasteiger partial charge in [-0.2, -0.15) is 0 Å².